The highest BCUT2D eigenvalue weighted by Crippen LogP contribution is 2.15. The van der Waals surface area contributed by atoms with Crippen molar-refractivity contribution >= 4 is 17.9 Å². The van der Waals surface area contributed by atoms with Gasteiger partial charge < -0.3 is 14.2 Å². The van der Waals surface area contributed by atoms with Crippen LogP contribution < -0.4 is 0 Å². The molecule has 0 N–H and O–H groups in total. The van der Waals surface area contributed by atoms with Gasteiger partial charge in [-0.1, -0.05) is 276 Å². The van der Waals surface area contributed by atoms with Crippen molar-refractivity contribution < 1.29 is 28.6 Å². The van der Waals surface area contributed by atoms with E-state index in [1.165, 1.54) is 89.9 Å². The van der Waals surface area contributed by atoms with E-state index in [4.69, 9.17) is 14.2 Å². The Labute approximate surface area is 499 Å². The molecule has 0 saturated carbocycles. The first-order valence-electron chi connectivity index (χ1n) is 33.3. The van der Waals surface area contributed by atoms with Gasteiger partial charge in [0.15, 0.2) is 6.10 Å². The topological polar surface area (TPSA) is 78.9 Å². The van der Waals surface area contributed by atoms with Gasteiger partial charge in [0.25, 0.3) is 0 Å². The summed E-state index contributed by atoms with van der Waals surface area (Å²) in [5.41, 5.74) is 0. The highest BCUT2D eigenvalue weighted by molar-refractivity contribution is 5.71. The van der Waals surface area contributed by atoms with E-state index in [1.807, 2.05) is 0 Å². The Hall–Kier alpha value is -4.71. The maximum atomic E-state index is 12.9. The molecule has 0 heterocycles. The molecule has 81 heavy (non-hydrogen) atoms. The maximum absolute atomic E-state index is 12.9. The minimum atomic E-state index is -0.801. The second-order valence-electron chi connectivity index (χ2n) is 21.6. The maximum Gasteiger partial charge on any atom is 0.306 e. The van der Waals surface area contributed by atoms with Gasteiger partial charge in [-0.3, -0.25) is 14.4 Å². The molecule has 458 valence electrons. The molecule has 0 aromatic carbocycles. The lowest BCUT2D eigenvalue weighted by Crippen LogP contribution is -2.30. The molecule has 0 aromatic rings. The van der Waals surface area contributed by atoms with E-state index in [-0.39, 0.29) is 31.1 Å². The van der Waals surface area contributed by atoms with E-state index in [0.717, 1.165) is 161 Å². The first-order chi connectivity index (χ1) is 40.0. The van der Waals surface area contributed by atoms with E-state index in [9.17, 15) is 14.4 Å². The molecule has 0 amide bonds. The molecule has 6 heteroatoms. The van der Waals surface area contributed by atoms with Gasteiger partial charge in [-0.25, -0.2) is 0 Å². The fourth-order valence-electron chi connectivity index (χ4n) is 8.88. The highest BCUT2D eigenvalue weighted by Gasteiger charge is 2.19. The Morgan fingerprint density at radius 3 is 0.765 bits per heavy atom. The summed E-state index contributed by atoms with van der Waals surface area (Å²) >= 11 is 0. The molecule has 1 atom stereocenters. The normalized spacial score (nSPS) is 13.1. The van der Waals surface area contributed by atoms with Crippen LogP contribution in [0.3, 0.4) is 0 Å². The largest absolute Gasteiger partial charge is 0.462 e. The molecule has 1 unspecified atom stereocenters. The first-order valence-corrected chi connectivity index (χ1v) is 33.3. The van der Waals surface area contributed by atoms with Gasteiger partial charge in [-0.2, -0.15) is 0 Å². The molecule has 0 rings (SSSR count). The van der Waals surface area contributed by atoms with E-state index in [2.05, 4.69) is 167 Å². The summed E-state index contributed by atoms with van der Waals surface area (Å²) in [6, 6.07) is 0. The molecule has 0 spiro atoms. The van der Waals surface area contributed by atoms with Crippen LogP contribution in [0.15, 0.2) is 146 Å². The average Bonchev–Trinajstić information content (AvgIpc) is 3.47. The third-order valence-corrected chi connectivity index (χ3v) is 13.8. The quantitative estimate of drug-likeness (QED) is 0.0261. The molecule has 6 nitrogen and oxygen atoms in total. The van der Waals surface area contributed by atoms with Crippen LogP contribution in [0.5, 0.6) is 0 Å². The van der Waals surface area contributed by atoms with Crippen molar-refractivity contribution in [2.24, 2.45) is 0 Å². The molecular weight excluding hydrogens is 997 g/mol. The Kier molecular flexibility index (Phi) is 63.9. The molecule has 0 aromatic heterocycles. The van der Waals surface area contributed by atoms with Crippen molar-refractivity contribution in [3.63, 3.8) is 0 Å². The number of esters is 3. The first kappa shape index (κ1) is 76.3. The van der Waals surface area contributed by atoms with Gasteiger partial charge in [0.1, 0.15) is 13.2 Å². The van der Waals surface area contributed by atoms with Crippen LogP contribution in [0, 0.1) is 0 Å². The summed E-state index contributed by atoms with van der Waals surface area (Å²) in [7, 11) is 0. The second kappa shape index (κ2) is 67.8. The zero-order valence-electron chi connectivity index (χ0n) is 52.5. The summed E-state index contributed by atoms with van der Waals surface area (Å²) in [5, 5.41) is 0. The van der Waals surface area contributed by atoms with E-state index < -0.39 is 6.10 Å². The van der Waals surface area contributed by atoms with Gasteiger partial charge in [-0.05, 0) is 141 Å². The highest BCUT2D eigenvalue weighted by atomic mass is 16.6. The summed E-state index contributed by atoms with van der Waals surface area (Å²) in [5.74, 6) is -0.926. The molecular formula is C75H122O6. The number of unbranched alkanes of at least 4 members (excludes halogenated alkanes) is 24. The van der Waals surface area contributed by atoms with Crippen LogP contribution in [0.25, 0.3) is 0 Å². The predicted octanol–water partition coefficient (Wildman–Crippen LogP) is 23.1. The summed E-state index contributed by atoms with van der Waals surface area (Å²) in [6.07, 6.45) is 97.1. The van der Waals surface area contributed by atoms with Gasteiger partial charge >= 0.3 is 17.9 Å². The summed E-state index contributed by atoms with van der Waals surface area (Å²) < 4.78 is 16.9. The zero-order chi connectivity index (χ0) is 58.5. The smallest absolute Gasteiger partial charge is 0.306 e. The van der Waals surface area contributed by atoms with Crippen LogP contribution in [-0.4, -0.2) is 37.2 Å². The third kappa shape index (κ3) is 66.0. The minimum Gasteiger partial charge on any atom is -0.462 e. The number of hydrogen-bond acceptors (Lipinski definition) is 6. The van der Waals surface area contributed by atoms with Crippen molar-refractivity contribution in [1.29, 1.82) is 0 Å². The van der Waals surface area contributed by atoms with Crippen molar-refractivity contribution in [3.8, 4) is 0 Å². The zero-order valence-corrected chi connectivity index (χ0v) is 52.5. The van der Waals surface area contributed by atoms with Crippen molar-refractivity contribution in [2.75, 3.05) is 13.2 Å². The Bertz CT molecular complexity index is 1760. The van der Waals surface area contributed by atoms with Crippen LogP contribution in [0.2, 0.25) is 0 Å². The minimum absolute atomic E-state index is 0.0958. The molecule has 0 saturated heterocycles. The van der Waals surface area contributed by atoms with Gasteiger partial charge in [-0.15, -0.1) is 0 Å². The van der Waals surface area contributed by atoms with Crippen LogP contribution in [-0.2, 0) is 28.6 Å². The Morgan fingerprint density at radius 2 is 0.481 bits per heavy atom. The van der Waals surface area contributed by atoms with Crippen molar-refractivity contribution in [3.05, 3.63) is 146 Å². The molecule has 0 aliphatic carbocycles. The van der Waals surface area contributed by atoms with Crippen LogP contribution in [0.1, 0.15) is 290 Å². The Morgan fingerprint density at radius 1 is 0.259 bits per heavy atom. The van der Waals surface area contributed by atoms with Gasteiger partial charge in [0, 0.05) is 19.3 Å². The molecule has 0 aliphatic heterocycles. The van der Waals surface area contributed by atoms with Gasteiger partial charge in [0.05, 0.1) is 0 Å². The fraction of sp³-hybridized carbons (Fsp3) is 0.640. The number of rotatable bonds is 59. The van der Waals surface area contributed by atoms with E-state index in [1.54, 1.807) is 0 Å². The standard InChI is InChI=1S/C75H122O6/c1-4-7-10-13-16-19-22-25-28-30-32-33-34-35-36-37-38-39-40-41-43-44-47-50-53-56-59-62-65-68-74(77)80-71-72(70-79-73(76)67-64-61-58-55-52-49-46-27-24-21-18-15-12-9-6-3)81-75(78)69-66-63-60-57-54-51-48-45-42-31-29-26-23-20-17-14-11-8-5-2/h7-8,10-11,16-17,19-20,25-29,32-33,35-36,38-39,41-43,45-46,72H,4-6,9,12-15,18,21-24,30-31,34,37,40,44,47-71H2,1-3H3/b10-7-,11-8-,19-16-,20-17-,28-25-,29-26-,33-32-,36-35-,39-38-,43-41-,45-42-,46-27-. The second-order valence-corrected chi connectivity index (χ2v) is 21.6. The molecule has 0 aliphatic rings. The molecule has 0 radical (unpaired) electrons. The van der Waals surface area contributed by atoms with Crippen molar-refractivity contribution in [2.45, 2.75) is 297 Å². The summed E-state index contributed by atoms with van der Waals surface area (Å²) in [6.45, 7) is 6.39. The molecule has 0 fully saturated rings. The number of carbonyl (C=O) groups is 3. The number of hydrogen-bond donors (Lipinski definition) is 0. The Balaban J connectivity index is 4.41. The van der Waals surface area contributed by atoms with E-state index >= 15 is 0 Å². The van der Waals surface area contributed by atoms with Crippen molar-refractivity contribution in [1.82, 2.24) is 0 Å². The SMILES string of the molecule is CC/C=C\C/C=C\C/C=C\C/C=C\C/C=C\C/C=C\C/C=C\CCCCCCCCCC(=O)OCC(COC(=O)CCCCCCC/C=C\CCCCCCCC)OC(=O)CCCCCCCC/C=C\C/C=C\C/C=C\C/C=C\CC. The van der Waals surface area contributed by atoms with Crippen LogP contribution >= 0.6 is 0 Å². The lowest BCUT2D eigenvalue weighted by Gasteiger charge is -2.18. The fourth-order valence-corrected chi connectivity index (χ4v) is 8.88. The number of carbonyl (C=O) groups excluding carboxylic acids is 3. The number of ether oxygens (including phenoxy) is 3. The third-order valence-electron chi connectivity index (χ3n) is 13.8. The number of allylic oxidation sites excluding steroid dienone is 24. The average molecular weight is 1120 g/mol. The van der Waals surface area contributed by atoms with Crippen LogP contribution in [0.4, 0.5) is 0 Å². The monoisotopic (exact) mass is 1120 g/mol. The van der Waals surface area contributed by atoms with E-state index in [0.29, 0.717) is 19.3 Å². The predicted molar refractivity (Wildman–Crippen MR) is 352 cm³/mol. The lowest BCUT2D eigenvalue weighted by atomic mass is 10.1. The van der Waals surface area contributed by atoms with Gasteiger partial charge in [0.2, 0.25) is 0 Å². The summed E-state index contributed by atoms with van der Waals surface area (Å²) in [4.78, 5) is 38.4. The lowest BCUT2D eigenvalue weighted by molar-refractivity contribution is -0.167. The molecule has 0 bridgehead atoms.